The first kappa shape index (κ1) is 9.58. The van der Waals surface area contributed by atoms with Crippen LogP contribution in [0.2, 0.25) is 0 Å². The lowest BCUT2D eigenvalue weighted by atomic mass is 10.3. The van der Waals surface area contributed by atoms with Gasteiger partial charge < -0.3 is 13.9 Å². The minimum absolute atomic E-state index is 0.219. The van der Waals surface area contributed by atoms with Crippen molar-refractivity contribution in [1.82, 2.24) is 4.98 Å². The Bertz CT molecular complexity index is 451. The summed E-state index contributed by atoms with van der Waals surface area (Å²) in [6.07, 6.45) is 1.82. The molecule has 0 aliphatic rings. The van der Waals surface area contributed by atoms with E-state index in [0.29, 0.717) is 17.3 Å². The van der Waals surface area contributed by atoms with Gasteiger partial charge in [-0.2, -0.15) is 4.98 Å². The van der Waals surface area contributed by atoms with Gasteiger partial charge in [-0.25, -0.2) is 0 Å². The molecule has 2 rings (SSSR count). The van der Waals surface area contributed by atoms with Gasteiger partial charge in [-0.15, -0.1) is 0 Å². The number of methoxy groups -OCH3 is 1. The highest BCUT2D eigenvalue weighted by atomic mass is 16.6. The molecule has 0 unspecified atom stereocenters. The molecular formula is C11H11NO3. The van der Waals surface area contributed by atoms with Crippen molar-refractivity contribution in [2.75, 3.05) is 7.11 Å². The standard InChI is InChI=1S/C11H11NO3/c1-8-7-12-11(14-8)15-10-6-4-3-5-9(10)13-2/h3-7H,1-2H3. The fraction of sp³-hybridized carbons (Fsp3) is 0.182. The smallest absolute Gasteiger partial charge is 0.399 e. The van der Waals surface area contributed by atoms with Gasteiger partial charge >= 0.3 is 6.08 Å². The first-order chi connectivity index (χ1) is 7.29. The summed E-state index contributed by atoms with van der Waals surface area (Å²) in [6, 6.07) is 7.32. The fourth-order valence-corrected chi connectivity index (χ4v) is 1.18. The van der Waals surface area contributed by atoms with E-state index >= 15 is 0 Å². The van der Waals surface area contributed by atoms with Gasteiger partial charge in [0.2, 0.25) is 0 Å². The monoisotopic (exact) mass is 205 g/mol. The van der Waals surface area contributed by atoms with Crippen LogP contribution in [0.1, 0.15) is 5.76 Å². The molecule has 15 heavy (non-hydrogen) atoms. The van der Waals surface area contributed by atoms with Gasteiger partial charge in [0.1, 0.15) is 5.76 Å². The summed E-state index contributed by atoms with van der Waals surface area (Å²) in [4.78, 5) is 3.94. The van der Waals surface area contributed by atoms with E-state index in [-0.39, 0.29) is 6.08 Å². The number of oxazole rings is 1. The average molecular weight is 205 g/mol. The van der Waals surface area contributed by atoms with E-state index in [0.717, 1.165) is 0 Å². The summed E-state index contributed by atoms with van der Waals surface area (Å²) in [6.45, 7) is 1.81. The second kappa shape index (κ2) is 4.04. The maximum absolute atomic E-state index is 5.42. The van der Waals surface area contributed by atoms with Crippen LogP contribution in [-0.2, 0) is 0 Å². The van der Waals surface area contributed by atoms with Crippen molar-refractivity contribution in [3.05, 3.63) is 36.2 Å². The van der Waals surface area contributed by atoms with Crippen LogP contribution in [0.3, 0.4) is 0 Å². The third kappa shape index (κ3) is 2.10. The van der Waals surface area contributed by atoms with Crippen molar-refractivity contribution >= 4 is 0 Å². The van der Waals surface area contributed by atoms with Crippen LogP contribution in [-0.4, -0.2) is 12.1 Å². The zero-order valence-corrected chi connectivity index (χ0v) is 8.56. The van der Waals surface area contributed by atoms with Crippen molar-refractivity contribution in [2.24, 2.45) is 0 Å². The Morgan fingerprint density at radius 2 is 1.93 bits per heavy atom. The summed E-state index contributed by atoms with van der Waals surface area (Å²) in [5.74, 6) is 1.94. The summed E-state index contributed by atoms with van der Waals surface area (Å²) >= 11 is 0. The van der Waals surface area contributed by atoms with Crippen LogP contribution in [0, 0.1) is 6.92 Å². The lowest BCUT2D eigenvalue weighted by Crippen LogP contribution is -1.89. The van der Waals surface area contributed by atoms with Crippen LogP contribution in [0.25, 0.3) is 0 Å². The van der Waals surface area contributed by atoms with E-state index in [9.17, 15) is 0 Å². The Morgan fingerprint density at radius 3 is 2.53 bits per heavy atom. The zero-order chi connectivity index (χ0) is 10.7. The molecule has 0 amide bonds. The van der Waals surface area contributed by atoms with Crippen molar-refractivity contribution in [1.29, 1.82) is 0 Å². The molecule has 0 atom stereocenters. The van der Waals surface area contributed by atoms with Crippen LogP contribution < -0.4 is 9.47 Å². The molecule has 0 saturated carbocycles. The predicted octanol–water partition coefficient (Wildman–Crippen LogP) is 2.78. The molecule has 0 aliphatic heterocycles. The van der Waals surface area contributed by atoms with Crippen LogP contribution in [0.5, 0.6) is 17.6 Å². The molecule has 1 aromatic carbocycles. The van der Waals surface area contributed by atoms with Gasteiger partial charge in [-0.1, -0.05) is 12.1 Å². The van der Waals surface area contributed by atoms with E-state index in [2.05, 4.69) is 4.98 Å². The number of aryl methyl sites for hydroxylation is 1. The molecule has 0 N–H and O–H groups in total. The SMILES string of the molecule is COc1ccccc1Oc1ncc(C)o1. The molecule has 0 spiro atoms. The van der Waals surface area contributed by atoms with Crippen LogP contribution in [0.4, 0.5) is 0 Å². The first-order valence-electron chi connectivity index (χ1n) is 4.53. The summed E-state index contributed by atoms with van der Waals surface area (Å²) < 4.78 is 15.7. The molecular weight excluding hydrogens is 194 g/mol. The molecule has 4 heteroatoms. The van der Waals surface area contributed by atoms with E-state index in [1.807, 2.05) is 25.1 Å². The Kier molecular flexibility index (Phi) is 2.58. The Balaban J connectivity index is 2.23. The van der Waals surface area contributed by atoms with Crippen LogP contribution >= 0.6 is 0 Å². The number of hydrogen-bond acceptors (Lipinski definition) is 4. The summed E-state index contributed by atoms with van der Waals surface area (Å²) in [7, 11) is 1.59. The number of aromatic nitrogens is 1. The van der Waals surface area contributed by atoms with E-state index in [4.69, 9.17) is 13.9 Å². The lowest BCUT2D eigenvalue weighted by Gasteiger charge is -2.05. The number of nitrogens with zero attached hydrogens (tertiary/aromatic N) is 1. The Morgan fingerprint density at radius 1 is 1.20 bits per heavy atom. The number of rotatable bonds is 3. The lowest BCUT2D eigenvalue weighted by molar-refractivity contribution is 0.305. The molecule has 2 aromatic rings. The molecule has 0 fully saturated rings. The van der Waals surface area contributed by atoms with E-state index in [1.165, 1.54) is 0 Å². The average Bonchev–Trinajstić information content (AvgIpc) is 2.65. The van der Waals surface area contributed by atoms with Gasteiger partial charge in [0, 0.05) is 0 Å². The largest absolute Gasteiger partial charge is 0.493 e. The van der Waals surface area contributed by atoms with Gasteiger partial charge in [0.15, 0.2) is 11.5 Å². The third-order valence-electron chi connectivity index (χ3n) is 1.87. The molecule has 0 bridgehead atoms. The topological polar surface area (TPSA) is 44.5 Å². The maximum Gasteiger partial charge on any atom is 0.399 e. The Labute approximate surface area is 87.5 Å². The van der Waals surface area contributed by atoms with Gasteiger partial charge in [-0.05, 0) is 19.1 Å². The number of hydrogen-bond donors (Lipinski definition) is 0. The normalized spacial score (nSPS) is 10.0. The summed E-state index contributed by atoms with van der Waals surface area (Å²) in [5.41, 5.74) is 0. The molecule has 1 aromatic heterocycles. The van der Waals surface area contributed by atoms with Crippen molar-refractivity contribution in [3.8, 4) is 17.6 Å². The van der Waals surface area contributed by atoms with Gasteiger partial charge in [0.05, 0.1) is 13.3 Å². The van der Waals surface area contributed by atoms with E-state index < -0.39 is 0 Å². The van der Waals surface area contributed by atoms with Gasteiger partial charge in [-0.3, -0.25) is 0 Å². The van der Waals surface area contributed by atoms with Gasteiger partial charge in [0.25, 0.3) is 0 Å². The number of benzene rings is 1. The second-order valence-electron chi connectivity index (χ2n) is 2.99. The highest BCUT2D eigenvalue weighted by molar-refractivity contribution is 5.40. The highest BCUT2D eigenvalue weighted by Gasteiger charge is 2.07. The molecule has 0 radical (unpaired) electrons. The fourth-order valence-electron chi connectivity index (χ4n) is 1.18. The van der Waals surface area contributed by atoms with E-state index in [1.54, 1.807) is 19.4 Å². The molecule has 0 aliphatic carbocycles. The zero-order valence-electron chi connectivity index (χ0n) is 8.56. The molecule has 0 saturated heterocycles. The minimum atomic E-state index is 0.219. The Hall–Kier alpha value is -1.97. The van der Waals surface area contributed by atoms with Crippen LogP contribution in [0.15, 0.2) is 34.9 Å². The van der Waals surface area contributed by atoms with Crippen molar-refractivity contribution in [2.45, 2.75) is 6.92 Å². The molecule has 78 valence electrons. The first-order valence-corrected chi connectivity index (χ1v) is 4.53. The minimum Gasteiger partial charge on any atom is -0.493 e. The third-order valence-corrected chi connectivity index (χ3v) is 1.87. The molecule has 4 nitrogen and oxygen atoms in total. The van der Waals surface area contributed by atoms with Crippen molar-refractivity contribution < 1.29 is 13.9 Å². The second-order valence-corrected chi connectivity index (χ2v) is 2.99. The molecule has 1 heterocycles. The maximum atomic E-state index is 5.42. The highest BCUT2D eigenvalue weighted by Crippen LogP contribution is 2.30. The predicted molar refractivity (Wildman–Crippen MR) is 54.3 cm³/mol. The quantitative estimate of drug-likeness (QED) is 0.772. The number of ether oxygens (including phenoxy) is 2. The summed E-state index contributed by atoms with van der Waals surface area (Å²) in [5, 5.41) is 0. The van der Waals surface area contributed by atoms with Crippen molar-refractivity contribution in [3.63, 3.8) is 0 Å². The number of para-hydroxylation sites is 2.